The molecule has 5 rings (SSSR count). The lowest BCUT2D eigenvalue weighted by molar-refractivity contribution is -0.155. The molecule has 4 fully saturated rings. The van der Waals surface area contributed by atoms with Crippen LogP contribution in [-0.2, 0) is 11.3 Å². The zero-order valence-corrected chi connectivity index (χ0v) is 12.9. The van der Waals surface area contributed by atoms with E-state index in [4.69, 9.17) is 0 Å². The number of carbonyl (C=O) groups is 1. The fourth-order valence-electron chi connectivity index (χ4n) is 5.95. The van der Waals surface area contributed by atoms with E-state index in [1.165, 1.54) is 24.8 Å². The molecule has 0 heterocycles. The van der Waals surface area contributed by atoms with Crippen molar-refractivity contribution in [2.24, 2.45) is 22.7 Å². The smallest absolute Gasteiger partial charge is 0.226 e. The van der Waals surface area contributed by atoms with E-state index in [0.717, 1.165) is 31.1 Å². The Balaban J connectivity index is 1.49. The third kappa shape index (κ3) is 2.29. The van der Waals surface area contributed by atoms with Gasteiger partial charge in [0.15, 0.2) is 0 Å². The number of carbonyl (C=O) groups excluding carboxylic acids is 1. The van der Waals surface area contributed by atoms with Crippen LogP contribution >= 0.6 is 0 Å². The third-order valence-electron chi connectivity index (χ3n) is 6.13. The summed E-state index contributed by atoms with van der Waals surface area (Å²) in [5.41, 5.74) is 1.59. The van der Waals surface area contributed by atoms with Crippen molar-refractivity contribution >= 4 is 5.91 Å². The van der Waals surface area contributed by atoms with Gasteiger partial charge in [-0.3, -0.25) is 4.79 Å². The number of hydrogen-bond acceptors (Lipinski definition) is 1. The Morgan fingerprint density at radius 2 is 1.81 bits per heavy atom. The zero-order valence-electron chi connectivity index (χ0n) is 12.9. The van der Waals surface area contributed by atoms with Gasteiger partial charge in [-0.25, -0.2) is 0 Å². The van der Waals surface area contributed by atoms with Crippen LogP contribution in [-0.4, -0.2) is 5.91 Å². The summed E-state index contributed by atoms with van der Waals surface area (Å²) in [5.74, 6) is 1.93. The molecule has 2 heteroatoms. The van der Waals surface area contributed by atoms with E-state index in [0.29, 0.717) is 17.9 Å². The van der Waals surface area contributed by atoms with Crippen molar-refractivity contribution in [3.63, 3.8) is 0 Å². The molecule has 4 aliphatic rings. The van der Waals surface area contributed by atoms with E-state index in [2.05, 4.69) is 24.4 Å². The minimum absolute atomic E-state index is 0.0480. The van der Waals surface area contributed by atoms with Gasteiger partial charge in [0, 0.05) is 6.54 Å². The van der Waals surface area contributed by atoms with E-state index in [1.54, 1.807) is 0 Å². The molecule has 21 heavy (non-hydrogen) atoms. The first-order valence-electron chi connectivity index (χ1n) is 8.39. The minimum atomic E-state index is -0.0480. The van der Waals surface area contributed by atoms with Gasteiger partial charge in [0.25, 0.3) is 0 Å². The fourth-order valence-corrected chi connectivity index (χ4v) is 5.95. The van der Waals surface area contributed by atoms with Crippen LogP contribution in [0.25, 0.3) is 0 Å². The molecule has 0 spiro atoms. The van der Waals surface area contributed by atoms with Crippen molar-refractivity contribution in [1.82, 2.24) is 5.32 Å². The van der Waals surface area contributed by atoms with Crippen LogP contribution in [0.4, 0.5) is 0 Å². The second-order valence-electron chi connectivity index (χ2n) is 8.22. The Morgan fingerprint density at radius 3 is 2.43 bits per heavy atom. The van der Waals surface area contributed by atoms with Crippen LogP contribution in [0.1, 0.15) is 51.0 Å². The van der Waals surface area contributed by atoms with Gasteiger partial charge in [-0.05, 0) is 61.3 Å². The zero-order chi connectivity index (χ0) is 14.5. The minimum Gasteiger partial charge on any atom is -0.352 e. The highest BCUT2D eigenvalue weighted by Crippen LogP contribution is 2.65. The normalized spacial score (nSPS) is 40.2. The molecule has 0 radical (unpaired) electrons. The third-order valence-corrected chi connectivity index (χ3v) is 6.13. The fraction of sp³-hybridized carbons (Fsp3) is 0.632. The van der Waals surface area contributed by atoms with Crippen LogP contribution in [0.15, 0.2) is 30.3 Å². The molecule has 0 saturated heterocycles. The summed E-state index contributed by atoms with van der Waals surface area (Å²) in [7, 11) is 0. The molecule has 112 valence electrons. The molecule has 4 aliphatic carbocycles. The molecule has 4 bridgehead atoms. The Labute approximate surface area is 127 Å². The molecule has 1 N–H and O–H groups in total. The average Bonchev–Trinajstić information content (AvgIpc) is 2.43. The summed E-state index contributed by atoms with van der Waals surface area (Å²) >= 11 is 0. The molecule has 1 aromatic rings. The Morgan fingerprint density at radius 1 is 1.14 bits per heavy atom. The summed E-state index contributed by atoms with van der Waals surface area (Å²) in [6.07, 6.45) is 7.49. The van der Waals surface area contributed by atoms with Gasteiger partial charge < -0.3 is 5.32 Å². The molecule has 0 aliphatic heterocycles. The van der Waals surface area contributed by atoms with E-state index in [1.807, 2.05) is 18.2 Å². The molecule has 0 aromatic heterocycles. The average molecular weight is 283 g/mol. The van der Waals surface area contributed by atoms with Crippen LogP contribution in [0.2, 0.25) is 0 Å². The van der Waals surface area contributed by atoms with Crippen molar-refractivity contribution in [2.45, 2.75) is 52.0 Å². The lowest BCUT2D eigenvalue weighted by Crippen LogP contribution is -2.56. The highest BCUT2D eigenvalue weighted by molar-refractivity contribution is 5.83. The van der Waals surface area contributed by atoms with Crippen molar-refractivity contribution in [2.75, 3.05) is 0 Å². The van der Waals surface area contributed by atoms with Crippen molar-refractivity contribution in [1.29, 1.82) is 0 Å². The lowest BCUT2D eigenvalue weighted by Gasteiger charge is -2.60. The number of rotatable bonds is 3. The Kier molecular flexibility index (Phi) is 2.92. The van der Waals surface area contributed by atoms with Crippen LogP contribution < -0.4 is 5.32 Å². The van der Waals surface area contributed by atoms with Gasteiger partial charge in [-0.1, -0.05) is 37.3 Å². The van der Waals surface area contributed by atoms with Gasteiger partial charge in [0.2, 0.25) is 5.91 Å². The van der Waals surface area contributed by atoms with E-state index >= 15 is 0 Å². The van der Waals surface area contributed by atoms with Gasteiger partial charge in [0.1, 0.15) is 0 Å². The first kappa shape index (κ1) is 13.4. The predicted octanol–water partition coefficient (Wildman–Crippen LogP) is 3.91. The predicted molar refractivity (Wildman–Crippen MR) is 83.5 cm³/mol. The topological polar surface area (TPSA) is 29.1 Å². The molecule has 2 atom stereocenters. The molecule has 1 amide bonds. The first-order valence-corrected chi connectivity index (χ1v) is 8.39. The van der Waals surface area contributed by atoms with Gasteiger partial charge in [-0.2, -0.15) is 0 Å². The highest BCUT2D eigenvalue weighted by Gasteiger charge is 2.58. The summed E-state index contributed by atoms with van der Waals surface area (Å²) in [6, 6.07) is 10.3. The number of benzene rings is 1. The van der Waals surface area contributed by atoms with Crippen LogP contribution in [0.3, 0.4) is 0 Å². The lowest BCUT2D eigenvalue weighted by atomic mass is 9.44. The van der Waals surface area contributed by atoms with Crippen molar-refractivity contribution < 1.29 is 4.79 Å². The van der Waals surface area contributed by atoms with E-state index in [9.17, 15) is 4.79 Å². The SMILES string of the molecule is CC12CC3CC(C1)CC(C(=O)NCc1ccccc1)(C3)C2. The van der Waals surface area contributed by atoms with Crippen molar-refractivity contribution in [3.8, 4) is 0 Å². The van der Waals surface area contributed by atoms with E-state index in [-0.39, 0.29) is 5.41 Å². The molecule has 2 nitrogen and oxygen atoms in total. The Hall–Kier alpha value is -1.31. The maximum atomic E-state index is 12.9. The van der Waals surface area contributed by atoms with Gasteiger partial charge in [0.05, 0.1) is 5.41 Å². The first-order chi connectivity index (χ1) is 10.1. The molecule has 2 unspecified atom stereocenters. The van der Waals surface area contributed by atoms with Crippen LogP contribution in [0.5, 0.6) is 0 Å². The number of amides is 1. The van der Waals surface area contributed by atoms with Crippen molar-refractivity contribution in [3.05, 3.63) is 35.9 Å². The van der Waals surface area contributed by atoms with Crippen LogP contribution in [0, 0.1) is 22.7 Å². The molecule has 1 aromatic carbocycles. The molecular weight excluding hydrogens is 258 g/mol. The summed E-state index contributed by atoms with van der Waals surface area (Å²) in [6.45, 7) is 3.09. The second-order valence-corrected chi connectivity index (χ2v) is 8.22. The standard InChI is InChI=1S/C19H25NO/c1-18-8-15-7-16(9-18)11-19(10-15,13-18)17(21)20-12-14-5-3-2-4-6-14/h2-6,15-16H,7-13H2,1H3,(H,20,21). The highest BCUT2D eigenvalue weighted by atomic mass is 16.2. The number of hydrogen-bond donors (Lipinski definition) is 1. The van der Waals surface area contributed by atoms with Gasteiger partial charge >= 0.3 is 0 Å². The monoisotopic (exact) mass is 283 g/mol. The molecular formula is C19H25NO. The maximum absolute atomic E-state index is 12.9. The Bertz CT molecular complexity index is 536. The largest absolute Gasteiger partial charge is 0.352 e. The van der Waals surface area contributed by atoms with Gasteiger partial charge in [-0.15, -0.1) is 0 Å². The summed E-state index contributed by atoms with van der Waals surface area (Å²) in [5, 5.41) is 3.23. The number of nitrogens with one attached hydrogen (secondary N) is 1. The summed E-state index contributed by atoms with van der Waals surface area (Å²) in [4.78, 5) is 12.9. The molecule has 4 saturated carbocycles. The van der Waals surface area contributed by atoms with E-state index < -0.39 is 0 Å². The summed E-state index contributed by atoms with van der Waals surface area (Å²) < 4.78 is 0. The quantitative estimate of drug-likeness (QED) is 0.895. The maximum Gasteiger partial charge on any atom is 0.226 e. The second kappa shape index (κ2) is 4.59.